The molecule has 0 radical (unpaired) electrons. The van der Waals surface area contributed by atoms with Crippen LogP contribution in [-0.4, -0.2) is 9.55 Å². The summed E-state index contributed by atoms with van der Waals surface area (Å²) >= 11 is 3.15. The molecule has 2 rings (SSSR count). The molecule has 2 aromatic rings. The van der Waals surface area contributed by atoms with E-state index in [2.05, 4.69) is 41.7 Å². The Morgan fingerprint density at radius 2 is 2.06 bits per heavy atom. The monoisotopic (exact) mass is 299 g/mol. The molecule has 2 N–H and O–H groups in total. The summed E-state index contributed by atoms with van der Waals surface area (Å²) in [5, 5.41) is 0. The highest BCUT2D eigenvalue weighted by Gasteiger charge is 2.17. The third-order valence-electron chi connectivity index (χ3n) is 2.45. The van der Waals surface area contributed by atoms with E-state index in [0.717, 1.165) is 5.52 Å². The van der Waals surface area contributed by atoms with Gasteiger partial charge in [0.15, 0.2) is 0 Å². The Morgan fingerprint density at radius 1 is 1.41 bits per heavy atom. The molecule has 0 saturated carbocycles. The molecule has 1 aromatic heterocycles. The lowest BCUT2D eigenvalue weighted by Gasteiger charge is -2.20. The van der Waals surface area contributed by atoms with Gasteiger partial charge in [-0.3, -0.25) is 0 Å². The first kappa shape index (κ1) is 12.4. The Labute approximate surface area is 108 Å². The molecule has 1 aromatic carbocycles. The van der Waals surface area contributed by atoms with Crippen molar-refractivity contribution in [3.8, 4) is 0 Å². The molecule has 17 heavy (non-hydrogen) atoms. The van der Waals surface area contributed by atoms with Gasteiger partial charge < -0.3 is 10.3 Å². The minimum absolute atomic E-state index is 0.0608. The van der Waals surface area contributed by atoms with Gasteiger partial charge in [-0.05, 0) is 27.4 Å². The molecule has 3 nitrogen and oxygen atoms in total. The van der Waals surface area contributed by atoms with Crippen molar-refractivity contribution in [3.05, 3.63) is 22.4 Å². The number of hydrogen-bond donors (Lipinski definition) is 1. The molecule has 0 aliphatic rings. The standard InChI is InChI=1S/C12H15BrFN3/c1-12(2,3)6-17-10-5-8(14)7(13)4-9(10)16-11(17)15/h4-5H,6H2,1-3H3,(H2,15,16). The fourth-order valence-electron chi connectivity index (χ4n) is 1.78. The van der Waals surface area contributed by atoms with E-state index >= 15 is 0 Å². The van der Waals surface area contributed by atoms with Gasteiger partial charge in [-0.15, -0.1) is 0 Å². The number of fused-ring (bicyclic) bond motifs is 1. The molecule has 0 fully saturated rings. The number of hydrogen-bond acceptors (Lipinski definition) is 2. The minimum atomic E-state index is -0.299. The molecule has 0 saturated heterocycles. The highest BCUT2D eigenvalue weighted by atomic mass is 79.9. The third kappa shape index (κ3) is 2.44. The van der Waals surface area contributed by atoms with Crippen molar-refractivity contribution in [2.75, 3.05) is 5.73 Å². The van der Waals surface area contributed by atoms with Crippen molar-refractivity contribution in [2.45, 2.75) is 27.3 Å². The molecule has 0 aliphatic heterocycles. The summed E-state index contributed by atoms with van der Waals surface area (Å²) in [6.07, 6.45) is 0. The van der Waals surface area contributed by atoms with Crippen LogP contribution in [0.2, 0.25) is 0 Å². The van der Waals surface area contributed by atoms with Crippen molar-refractivity contribution in [1.29, 1.82) is 0 Å². The van der Waals surface area contributed by atoms with E-state index < -0.39 is 0 Å². The van der Waals surface area contributed by atoms with E-state index in [4.69, 9.17) is 5.73 Å². The van der Waals surface area contributed by atoms with Crippen LogP contribution in [0, 0.1) is 11.2 Å². The van der Waals surface area contributed by atoms with Crippen LogP contribution in [0.4, 0.5) is 10.3 Å². The van der Waals surface area contributed by atoms with Crippen molar-refractivity contribution >= 4 is 32.9 Å². The normalized spacial score (nSPS) is 12.3. The number of nitrogens with two attached hydrogens (primary N) is 1. The fourth-order valence-corrected chi connectivity index (χ4v) is 2.11. The summed E-state index contributed by atoms with van der Waals surface area (Å²) in [4.78, 5) is 4.24. The van der Waals surface area contributed by atoms with Gasteiger partial charge >= 0.3 is 0 Å². The Hall–Kier alpha value is -1.10. The summed E-state index contributed by atoms with van der Waals surface area (Å²) in [6.45, 7) is 7.02. The highest BCUT2D eigenvalue weighted by Crippen LogP contribution is 2.27. The zero-order valence-corrected chi connectivity index (χ0v) is 11.7. The van der Waals surface area contributed by atoms with Crippen LogP contribution < -0.4 is 5.73 Å². The molecule has 0 aliphatic carbocycles. The van der Waals surface area contributed by atoms with E-state index in [-0.39, 0.29) is 11.2 Å². The second-order valence-electron chi connectivity index (χ2n) is 5.37. The van der Waals surface area contributed by atoms with E-state index in [1.807, 2.05) is 4.57 Å². The number of anilines is 1. The lowest BCUT2D eigenvalue weighted by molar-refractivity contribution is 0.351. The van der Waals surface area contributed by atoms with Gasteiger partial charge in [0.05, 0.1) is 15.5 Å². The molecule has 1 heterocycles. The molecule has 92 valence electrons. The lowest BCUT2D eigenvalue weighted by Crippen LogP contribution is -2.17. The van der Waals surface area contributed by atoms with Gasteiger partial charge in [0, 0.05) is 12.6 Å². The number of rotatable bonds is 1. The second-order valence-corrected chi connectivity index (χ2v) is 6.23. The van der Waals surface area contributed by atoms with Crippen LogP contribution in [0.1, 0.15) is 20.8 Å². The maximum atomic E-state index is 13.5. The Balaban J connectivity index is 2.63. The summed E-state index contributed by atoms with van der Waals surface area (Å²) in [7, 11) is 0. The molecule has 5 heteroatoms. The number of aromatic nitrogens is 2. The predicted molar refractivity (Wildman–Crippen MR) is 71.3 cm³/mol. The van der Waals surface area contributed by atoms with Gasteiger partial charge in [0.2, 0.25) is 5.95 Å². The Morgan fingerprint density at radius 3 is 2.65 bits per heavy atom. The average Bonchev–Trinajstić information content (AvgIpc) is 2.43. The number of imidazole rings is 1. The first-order valence-electron chi connectivity index (χ1n) is 5.39. The molecular formula is C12H15BrFN3. The minimum Gasteiger partial charge on any atom is -0.369 e. The fraction of sp³-hybridized carbons (Fsp3) is 0.417. The van der Waals surface area contributed by atoms with E-state index in [0.29, 0.717) is 22.5 Å². The van der Waals surface area contributed by atoms with E-state index in [9.17, 15) is 4.39 Å². The van der Waals surface area contributed by atoms with Crippen molar-refractivity contribution in [3.63, 3.8) is 0 Å². The van der Waals surface area contributed by atoms with Gasteiger partial charge in [0.1, 0.15) is 5.82 Å². The number of nitrogens with zero attached hydrogens (tertiary/aromatic N) is 2. The average molecular weight is 300 g/mol. The second kappa shape index (κ2) is 3.98. The van der Waals surface area contributed by atoms with Crippen molar-refractivity contribution in [2.24, 2.45) is 5.41 Å². The van der Waals surface area contributed by atoms with Gasteiger partial charge in [-0.1, -0.05) is 20.8 Å². The van der Waals surface area contributed by atoms with Crippen LogP contribution in [-0.2, 0) is 6.54 Å². The Kier molecular flexibility index (Phi) is 2.89. The quantitative estimate of drug-likeness (QED) is 0.875. The maximum Gasteiger partial charge on any atom is 0.201 e. The summed E-state index contributed by atoms with van der Waals surface area (Å²) < 4.78 is 15.8. The molecule has 0 spiro atoms. The SMILES string of the molecule is CC(C)(C)Cn1c(N)nc2cc(Br)c(F)cc21. The smallest absolute Gasteiger partial charge is 0.201 e. The largest absolute Gasteiger partial charge is 0.369 e. The number of halogens is 2. The van der Waals surface area contributed by atoms with E-state index in [1.165, 1.54) is 6.07 Å². The van der Waals surface area contributed by atoms with Crippen molar-refractivity contribution in [1.82, 2.24) is 9.55 Å². The van der Waals surface area contributed by atoms with Crippen LogP contribution >= 0.6 is 15.9 Å². The molecule has 0 unspecified atom stereocenters. The summed E-state index contributed by atoms with van der Waals surface area (Å²) in [5.41, 5.74) is 7.38. The van der Waals surface area contributed by atoms with Crippen molar-refractivity contribution < 1.29 is 4.39 Å². The third-order valence-corrected chi connectivity index (χ3v) is 3.06. The first-order chi connectivity index (χ1) is 7.78. The molecule has 0 bridgehead atoms. The number of benzene rings is 1. The van der Waals surface area contributed by atoms with Gasteiger partial charge in [-0.25, -0.2) is 9.37 Å². The summed E-state index contributed by atoms with van der Waals surface area (Å²) in [5.74, 6) is 0.125. The maximum absolute atomic E-state index is 13.5. The zero-order chi connectivity index (χ0) is 12.8. The van der Waals surface area contributed by atoms with Crippen LogP contribution in [0.15, 0.2) is 16.6 Å². The zero-order valence-electron chi connectivity index (χ0n) is 10.1. The predicted octanol–water partition coefficient (Wildman–Crippen LogP) is 3.57. The van der Waals surface area contributed by atoms with Gasteiger partial charge in [-0.2, -0.15) is 0 Å². The molecule has 0 atom stereocenters. The molecular weight excluding hydrogens is 285 g/mol. The van der Waals surface area contributed by atoms with Crippen LogP contribution in [0.5, 0.6) is 0 Å². The number of nitrogen functional groups attached to an aromatic ring is 1. The Bertz CT molecular complexity index is 569. The summed E-state index contributed by atoms with van der Waals surface area (Å²) in [6, 6.07) is 3.12. The first-order valence-corrected chi connectivity index (χ1v) is 6.18. The van der Waals surface area contributed by atoms with Crippen LogP contribution in [0.25, 0.3) is 11.0 Å². The highest BCUT2D eigenvalue weighted by molar-refractivity contribution is 9.10. The lowest BCUT2D eigenvalue weighted by atomic mass is 9.97. The molecule has 0 amide bonds. The topological polar surface area (TPSA) is 43.8 Å². The van der Waals surface area contributed by atoms with Crippen LogP contribution in [0.3, 0.4) is 0 Å². The van der Waals surface area contributed by atoms with E-state index in [1.54, 1.807) is 6.07 Å². The van der Waals surface area contributed by atoms with Gasteiger partial charge in [0.25, 0.3) is 0 Å².